The third-order valence-electron chi connectivity index (χ3n) is 2.52. The lowest BCUT2D eigenvalue weighted by molar-refractivity contribution is 0.152. The van der Waals surface area contributed by atoms with E-state index in [2.05, 4.69) is 29.8 Å². The molecule has 0 aromatic carbocycles. The molecule has 0 bridgehead atoms. The summed E-state index contributed by atoms with van der Waals surface area (Å²) in [5.41, 5.74) is 2.08. The average molecular weight is 201 g/mol. The van der Waals surface area contributed by atoms with Gasteiger partial charge in [-0.2, -0.15) is 0 Å². The van der Waals surface area contributed by atoms with Crippen molar-refractivity contribution in [1.29, 1.82) is 0 Å². The molecule has 15 heavy (non-hydrogen) atoms. The van der Waals surface area contributed by atoms with E-state index in [0.29, 0.717) is 0 Å². The molecule has 2 heteroatoms. The molecule has 0 spiro atoms. The number of aromatic nitrogens is 1. The second kappa shape index (κ2) is 4.95. The van der Waals surface area contributed by atoms with E-state index in [-0.39, 0.29) is 6.10 Å². The van der Waals surface area contributed by atoms with Crippen molar-refractivity contribution in [1.82, 2.24) is 4.98 Å². The highest BCUT2D eigenvalue weighted by Gasteiger charge is 2.11. The summed E-state index contributed by atoms with van der Waals surface area (Å²) in [6.45, 7) is 2.97. The molecule has 0 saturated carbocycles. The molecule has 2 rings (SSSR count). The first-order valence-corrected chi connectivity index (χ1v) is 5.46. The SMILES string of the molecule is CCc1ccc(C#CC2CCCO2)nc1. The molecule has 1 saturated heterocycles. The lowest BCUT2D eigenvalue weighted by Gasteiger charge is -1.97. The standard InChI is InChI=1S/C13H15NO/c1-2-11-5-6-12(14-10-11)7-8-13-4-3-9-15-13/h5-6,10,13H,2-4,9H2,1H3. The Labute approximate surface area is 90.7 Å². The van der Waals surface area contributed by atoms with Gasteiger partial charge >= 0.3 is 0 Å². The molecule has 0 N–H and O–H groups in total. The molecule has 0 amide bonds. The Morgan fingerprint density at radius 2 is 2.47 bits per heavy atom. The van der Waals surface area contributed by atoms with Crippen LogP contribution in [0.2, 0.25) is 0 Å². The van der Waals surface area contributed by atoms with Crippen molar-refractivity contribution in [2.75, 3.05) is 6.61 Å². The fraction of sp³-hybridized carbons (Fsp3) is 0.462. The first kappa shape index (κ1) is 10.2. The largest absolute Gasteiger partial charge is 0.366 e. The van der Waals surface area contributed by atoms with E-state index in [1.807, 2.05) is 12.3 Å². The smallest absolute Gasteiger partial charge is 0.118 e. The van der Waals surface area contributed by atoms with Crippen molar-refractivity contribution in [3.63, 3.8) is 0 Å². The first-order chi connectivity index (χ1) is 7.38. The Balaban J connectivity index is 2.03. The lowest BCUT2D eigenvalue weighted by atomic mass is 10.2. The molecule has 1 aromatic rings. The maximum Gasteiger partial charge on any atom is 0.118 e. The molecule has 78 valence electrons. The van der Waals surface area contributed by atoms with Gasteiger partial charge in [0.1, 0.15) is 11.8 Å². The zero-order valence-electron chi connectivity index (χ0n) is 8.99. The number of pyridine rings is 1. The fourth-order valence-electron chi connectivity index (χ4n) is 1.55. The van der Waals surface area contributed by atoms with Gasteiger partial charge in [0.15, 0.2) is 0 Å². The summed E-state index contributed by atoms with van der Waals surface area (Å²) < 4.78 is 5.42. The van der Waals surface area contributed by atoms with E-state index in [1.54, 1.807) is 0 Å². The van der Waals surface area contributed by atoms with Crippen LogP contribution in [0.25, 0.3) is 0 Å². The predicted molar refractivity (Wildman–Crippen MR) is 59.5 cm³/mol. The lowest BCUT2D eigenvalue weighted by Crippen LogP contribution is -1.99. The highest BCUT2D eigenvalue weighted by Crippen LogP contribution is 2.10. The molecule has 2 heterocycles. The van der Waals surface area contributed by atoms with Gasteiger partial charge in [-0.3, -0.25) is 0 Å². The van der Waals surface area contributed by atoms with Gasteiger partial charge in [-0.15, -0.1) is 0 Å². The first-order valence-electron chi connectivity index (χ1n) is 5.46. The minimum Gasteiger partial charge on any atom is -0.366 e. The Kier molecular flexibility index (Phi) is 3.37. The number of hydrogen-bond acceptors (Lipinski definition) is 2. The highest BCUT2D eigenvalue weighted by atomic mass is 16.5. The monoisotopic (exact) mass is 201 g/mol. The average Bonchev–Trinajstić information content (AvgIpc) is 2.80. The predicted octanol–water partition coefficient (Wildman–Crippen LogP) is 2.17. The van der Waals surface area contributed by atoms with E-state index in [9.17, 15) is 0 Å². The molecule has 1 atom stereocenters. The van der Waals surface area contributed by atoms with Crippen LogP contribution in [0.3, 0.4) is 0 Å². The van der Waals surface area contributed by atoms with Crippen LogP contribution in [0.5, 0.6) is 0 Å². The van der Waals surface area contributed by atoms with Crippen LogP contribution in [0, 0.1) is 11.8 Å². The second-order valence-electron chi connectivity index (χ2n) is 3.68. The van der Waals surface area contributed by atoms with Crippen LogP contribution < -0.4 is 0 Å². The van der Waals surface area contributed by atoms with E-state index < -0.39 is 0 Å². The summed E-state index contributed by atoms with van der Waals surface area (Å²) in [5.74, 6) is 6.15. The topological polar surface area (TPSA) is 22.1 Å². The quantitative estimate of drug-likeness (QED) is 0.650. The number of nitrogens with zero attached hydrogens (tertiary/aromatic N) is 1. The fourth-order valence-corrected chi connectivity index (χ4v) is 1.55. The van der Waals surface area contributed by atoms with E-state index in [0.717, 1.165) is 31.6 Å². The van der Waals surface area contributed by atoms with Crippen LogP contribution in [-0.2, 0) is 11.2 Å². The molecule has 0 radical (unpaired) electrons. The zero-order chi connectivity index (χ0) is 10.5. The summed E-state index contributed by atoms with van der Waals surface area (Å²) in [7, 11) is 0. The molecule has 1 aromatic heterocycles. The Hall–Kier alpha value is -1.33. The minimum absolute atomic E-state index is 0.123. The summed E-state index contributed by atoms with van der Waals surface area (Å²) in [4.78, 5) is 4.28. The van der Waals surface area contributed by atoms with Crippen molar-refractivity contribution in [2.45, 2.75) is 32.3 Å². The van der Waals surface area contributed by atoms with E-state index in [4.69, 9.17) is 4.74 Å². The number of rotatable bonds is 1. The summed E-state index contributed by atoms with van der Waals surface area (Å²) >= 11 is 0. The van der Waals surface area contributed by atoms with Gasteiger partial charge in [-0.05, 0) is 36.8 Å². The Morgan fingerprint density at radius 1 is 1.53 bits per heavy atom. The third kappa shape index (κ3) is 2.81. The van der Waals surface area contributed by atoms with Gasteiger partial charge in [-0.1, -0.05) is 18.9 Å². The summed E-state index contributed by atoms with van der Waals surface area (Å²) in [6.07, 6.45) is 5.21. The maximum atomic E-state index is 5.42. The van der Waals surface area contributed by atoms with Gasteiger partial charge in [-0.25, -0.2) is 4.98 Å². The maximum absolute atomic E-state index is 5.42. The molecule has 0 aliphatic carbocycles. The minimum atomic E-state index is 0.123. The van der Waals surface area contributed by atoms with E-state index in [1.165, 1.54) is 5.56 Å². The molecular formula is C13H15NO. The van der Waals surface area contributed by atoms with Crippen molar-refractivity contribution in [3.8, 4) is 11.8 Å². The second-order valence-corrected chi connectivity index (χ2v) is 3.68. The number of aryl methyl sites for hydroxylation is 1. The molecular weight excluding hydrogens is 186 g/mol. The van der Waals surface area contributed by atoms with Crippen molar-refractivity contribution in [2.24, 2.45) is 0 Å². The Bertz CT molecular complexity index is 366. The highest BCUT2D eigenvalue weighted by molar-refractivity contribution is 5.30. The van der Waals surface area contributed by atoms with E-state index >= 15 is 0 Å². The van der Waals surface area contributed by atoms with Crippen LogP contribution in [-0.4, -0.2) is 17.7 Å². The number of hydrogen-bond donors (Lipinski definition) is 0. The molecule has 1 aliphatic rings. The molecule has 1 fully saturated rings. The van der Waals surface area contributed by atoms with Crippen LogP contribution in [0.15, 0.2) is 18.3 Å². The van der Waals surface area contributed by atoms with Crippen LogP contribution >= 0.6 is 0 Å². The van der Waals surface area contributed by atoms with Gasteiger partial charge < -0.3 is 4.74 Å². The number of ether oxygens (including phenoxy) is 1. The van der Waals surface area contributed by atoms with Gasteiger partial charge in [0.05, 0.1) is 0 Å². The van der Waals surface area contributed by atoms with Crippen molar-refractivity contribution < 1.29 is 4.74 Å². The van der Waals surface area contributed by atoms with Gasteiger partial charge in [0.25, 0.3) is 0 Å². The summed E-state index contributed by atoms with van der Waals surface area (Å²) in [5, 5.41) is 0. The van der Waals surface area contributed by atoms with Crippen LogP contribution in [0.4, 0.5) is 0 Å². The van der Waals surface area contributed by atoms with Crippen molar-refractivity contribution >= 4 is 0 Å². The molecule has 1 aliphatic heterocycles. The zero-order valence-corrected chi connectivity index (χ0v) is 8.99. The van der Waals surface area contributed by atoms with Crippen molar-refractivity contribution in [3.05, 3.63) is 29.6 Å². The third-order valence-corrected chi connectivity index (χ3v) is 2.52. The normalized spacial score (nSPS) is 19.7. The Morgan fingerprint density at radius 3 is 3.07 bits per heavy atom. The van der Waals surface area contributed by atoms with Crippen LogP contribution in [0.1, 0.15) is 31.0 Å². The molecule has 2 nitrogen and oxygen atoms in total. The summed E-state index contributed by atoms with van der Waals surface area (Å²) in [6, 6.07) is 4.05. The van der Waals surface area contributed by atoms with Gasteiger partial charge in [0, 0.05) is 12.8 Å². The van der Waals surface area contributed by atoms with Gasteiger partial charge in [0.2, 0.25) is 0 Å². The molecule has 1 unspecified atom stereocenters.